The van der Waals surface area contributed by atoms with Crippen LogP contribution in [0.4, 0.5) is 4.39 Å². The van der Waals surface area contributed by atoms with E-state index in [1.54, 1.807) is 19.9 Å². The highest BCUT2D eigenvalue weighted by atomic mass is 79.9. The third-order valence-corrected chi connectivity index (χ3v) is 2.42. The number of benzene rings is 1. The molecule has 0 unspecified atom stereocenters. The van der Waals surface area contributed by atoms with E-state index >= 15 is 0 Å². The molecule has 13 heavy (non-hydrogen) atoms. The van der Waals surface area contributed by atoms with E-state index in [1.807, 2.05) is 6.92 Å². The molecule has 0 heterocycles. The zero-order chi connectivity index (χ0) is 10.2. The highest BCUT2D eigenvalue weighted by Crippen LogP contribution is 2.31. The molecule has 1 rings (SSSR count). The van der Waals surface area contributed by atoms with E-state index in [0.717, 1.165) is 5.56 Å². The highest BCUT2D eigenvalue weighted by molar-refractivity contribution is 9.10. The van der Waals surface area contributed by atoms with Gasteiger partial charge in [-0.2, -0.15) is 0 Å². The fourth-order valence-electron chi connectivity index (χ4n) is 1.28. The molecule has 0 aliphatic rings. The first-order valence-electron chi connectivity index (χ1n) is 4.01. The minimum atomic E-state index is -1.16. The van der Waals surface area contributed by atoms with Gasteiger partial charge < -0.3 is 5.11 Å². The molecule has 0 saturated heterocycles. The fraction of sp³-hybridized carbons (Fsp3) is 0.400. The zero-order valence-corrected chi connectivity index (χ0v) is 9.44. The summed E-state index contributed by atoms with van der Waals surface area (Å²) in [5, 5.41) is 9.67. The summed E-state index contributed by atoms with van der Waals surface area (Å²) in [6.07, 6.45) is 0. The summed E-state index contributed by atoms with van der Waals surface area (Å²) in [5.41, 5.74) is -0.0214. The van der Waals surface area contributed by atoms with Crippen molar-refractivity contribution in [3.05, 3.63) is 33.5 Å². The molecule has 0 saturated carbocycles. The average Bonchev–Trinajstić information content (AvgIpc) is 1.78. The predicted octanol–water partition coefficient (Wildman–Crippen LogP) is 3.12. The Bertz CT molecular complexity index is 305. The van der Waals surface area contributed by atoms with Crippen LogP contribution >= 0.6 is 15.9 Å². The molecule has 0 amide bonds. The predicted molar refractivity (Wildman–Crippen MR) is 54.1 cm³/mol. The van der Waals surface area contributed by atoms with Crippen LogP contribution in [-0.2, 0) is 5.60 Å². The number of hydrogen-bond acceptors (Lipinski definition) is 1. The van der Waals surface area contributed by atoms with E-state index in [1.165, 1.54) is 6.07 Å². The molecule has 1 aromatic rings. The number of aliphatic hydroxyl groups is 1. The van der Waals surface area contributed by atoms with Gasteiger partial charge in [-0.25, -0.2) is 4.39 Å². The Morgan fingerprint density at radius 3 is 2.31 bits per heavy atom. The second-order valence-electron chi connectivity index (χ2n) is 3.66. The van der Waals surface area contributed by atoms with Crippen LogP contribution in [0, 0.1) is 12.7 Å². The Labute approximate surface area is 85.7 Å². The van der Waals surface area contributed by atoms with Crippen molar-refractivity contribution in [1.29, 1.82) is 0 Å². The van der Waals surface area contributed by atoms with Gasteiger partial charge in [0.15, 0.2) is 0 Å². The third kappa shape index (κ3) is 2.29. The lowest BCUT2D eigenvalue weighted by Gasteiger charge is -2.20. The Kier molecular flexibility index (Phi) is 2.78. The number of aryl methyl sites for hydroxylation is 1. The normalized spacial score (nSPS) is 11.8. The number of halogens is 2. The summed E-state index contributed by atoms with van der Waals surface area (Å²) >= 11 is 3.23. The second-order valence-corrected chi connectivity index (χ2v) is 4.52. The lowest BCUT2D eigenvalue weighted by Crippen LogP contribution is -2.18. The molecule has 0 radical (unpaired) electrons. The van der Waals surface area contributed by atoms with Gasteiger partial charge in [0.2, 0.25) is 0 Å². The molecule has 1 N–H and O–H groups in total. The molecule has 0 aromatic heterocycles. The Morgan fingerprint density at radius 2 is 1.92 bits per heavy atom. The topological polar surface area (TPSA) is 20.2 Å². The molecule has 0 spiro atoms. The summed E-state index contributed by atoms with van der Waals surface area (Å²) in [6.45, 7) is 4.93. The van der Waals surface area contributed by atoms with Gasteiger partial charge in [0.25, 0.3) is 0 Å². The van der Waals surface area contributed by atoms with Crippen LogP contribution in [0.1, 0.15) is 25.0 Å². The molecule has 0 aliphatic heterocycles. The average molecular weight is 247 g/mol. The first-order chi connectivity index (χ1) is 5.82. The van der Waals surface area contributed by atoms with Crippen LogP contribution in [0.3, 0.4) is 0 Å². The van der Waals surface area contributed by atoms with Crippen molar-refractivity contribution in [2.24, 2.45) is 0 Å². The maximum atomic E-state index is 13.4. The molecule has 1 nitrogen and oxygen atoms in total. The first-order valence-corrected chi connectivity index (χ1v) is 4.80. The van der Waals surface area contributed by atoms with Crippen LogP contribution in [0.5, 0.6) is 0 Å². The monoisotopic (exact) mass is 246 g/mol. The van der Waals surface area contributed by atoms with E-state index in [0.29, 0.717) is 10.0 Å². The van der Waals surface area contributed by atoms with Crippen molar-refractivity contribution in [1.82, 2.24) is 0 Å². The number of hydrogen-bond donors (Lipinski definition) is 1. The lowest BCUT2D eigenvalue weighted by atomic mass is 9.97. The molecular weight excluding hydrogens is 235 g/mol. The summed E-state index contributed by atoms with van der Waals surface area (Å²) in [4.78, 5) is 0. The highest BCUT2D eigenvalue weighted by Gasteiger charge is 2.23. The minimum Gasteiger partial charge on any atom is -0.386 e. The van der Waals surface area contributed by atoms with Gasteiger partial charge in [0.05, 0.1) is 5.60 Å². The van der Waals surface area contributed by atoms with Crippen LogP contribution in [0.25, 0.3) is 0 Å². The van der Waals surface area contributed by atoms with Gasteiger partial charge in [0, 0.05) is 10.0 Å². The van der Waals surface area contributed by atoms with Crippen LogP contribution in [0.15, 0.2) is 16.6 Å². The van der Waals surface area contributed by atoms with Crippen LogP contribution in [-0.4, -0.2) is 5.11 Å². The largest absolute Gasteiger partial charge is 0.386 e. The van der Waals surface area contributed by atoms with E-state index in [9.17, 15) is 9.50 Å². The van der Waals surface area contributed by atoms with Gasteiger partial charge in [-0.1, -0.05) is 15.9 Å². The van der Waals surface area contributed by atoms with E-state index < -0.39 is 5.60 Å². The first kappa shape index (κ1) is 10.7. The van der Waals surface area contributed by atoms with Crippen molar-refractivity contribution in [2.45, 2.75) is 26.4 Å². The van der Waals surface area contributed by atoms with Crippen molar-refractivity contribution in [2.75, 3.05) is 0 Å². The quantitative estimate of drug-likeness (QED) is 0.808. The summed E-state index contributed by atoms with van der Waals surface area (Å²) in [6, 6.07) is 3.20. The van der Waals surface area contributed by atoms with Crippen molar-refractivity contribution in [3.8, 4) is 0 Å². The summed E-state index contributed by atoms with van der Waals surface area (Å²) in [5.74, 6) is -0.376. The maximum absolute atomic E-state index is 13.4. The van der Waals surface area contributed by atoms with E-state index in [-0.39, 0.29) is 5.82 Å². The second kappa shape index (κ2) is 3.39. The van der Waals surface area contributed by atoms with Gasteiger partial charge in [0.1, 0.15) is 5.82 Å². The fourth-order valence-corrected chi connectivity index (χ4v) is 2.32. The van der Waals surface area contributed by atoms with Gasteiger partial charge in [-0.05, 0) is 38.5 Å². The van der Waals surface area contributed by atoms with E-state index in [2.05, 4.69) is 15.9 Å². The van der Waals surface area contributed by atoms with Gasteiger partial charge >= 0.3 is 0 Å². The van der Waals surface area contributed by atoms with Gasteiger partial charge in [-0.15, -0.1) is 0 Å². The smallest absolute Gasteiger partial charge is 0.130 e. The molecule has 0 fully saturated rings. The minimum absolute atomic E-state index is 0.304. The molecule has 3 heteroatoms. The molecule has 0 aliphatic carbocycles. The van der Waals surface area contributed by atoms with Gasteiger partial charge in [-0.3, -0.25) is 0 Å². The maximum Gasteiger partial charge on any atom is 0.130 e. The standard InChI is InChI=1S/C10H12BrFO/c1-6-4-7(11)9(8(12)5-6)10(2,3)13/h4-5,13H,1-3H3. The van der Waals surface area contributed by atoms with Crippen LogP contribution < -0.4 is 0 Å². The van der Waals surface area contributed by atoms with Crippen LogP contribution in [0.2, 0.25) is 0 Å². The van der Waals surface area contributed by atoms with Crippen molar-refractivity contribution >= 4 is 15.9 Å². The zero-order valence-electron chi connectivity index (χ0n) is 7.86. The number of rotatable bonds is 1. The Morgan fingerprint density at radius 1 is 1.38 bits per heavy atom. The Balaban J connectivity index is 3.38. The van der Waals surface area contributed by atoms with Crippen molar-refractivity contribution < 1.29 is 9.50 Å². The molecular formula is C10H12BrFO. The lowest BCUT2D eigenvalue weighted by molar-refractivity contribution is 0.0737. The summed E-state index contributed by atoms with van der Waals surface area (Å²) in [7, 11) is 0. The summed E-state index contributed by atoms with van der Waals surface area (Å²) < 4.78 is 14.0. The molecule has 1 aromatic carbocycles. The molecule has 0 atom stereocenters. The van der Waals surface area contributed by atoms with E-state index in [4.69, 9.17) is 0 Å². The Hall–Kier alpha value is -0.410. The third-order valence-electron chi connectivity index (χ3n) is 1.80. The SMILES string of the molecule is Cc1cc(F)c(C(C)(C)O)c(Br)c1. The molecule has 0 bridgehead atoms. The van der Waals surface area contributed by atoms with Crippen molar-refractivity contribution in [3.63, 3.8) is 0 Å². The molecule has 72 valence electrons.